The smallest absolute Gasteiger partial charge is 0.0594 e. The molecule has 1 fully saturated rings. The third kappa shape index (κ3) is 3.73. The lowest BCUT2D eigenvalue weighted by Crippen LogP contribution is -2.36. The van der Waals surface area contributed by atoms with Crippen LogP contribution in [0.1, 0.15) is 26.2 Å². The van der Waals surface area contributed by atoms with Gasteiger partial charge in [-0.25, -0.2) is 0 Å². The molecule has 2 heteroatoms. The van der Waals surface area contributed by atoms with Crippen LogP contribution >= 0.6 is 0 Å². The van der Waals surface area contributed by atoms with Gasteiger partial charge >= 0.3 is 0 Å². The second-order valence-corrected chi connectivity index (χ2v) is 3.16. The molecule has 1 aliphatic heterocycles. The Hall–Kier alpha value is -0.0800. The normalized spacial score (nSPS) is 20.5. The van der Waals surface area contributed by atoms with E-state index in [0.29, 0.717) is 0 Å². The Morgan fingerprint density at radius 3 is 2.55 bits per heavy atom. The van der Waals surface area contributed by atoms with E-state index in [-0.39, 0.29) is 0 Å². The molecular weight excluding hydrogens is 138 g/mol. The fourth-order valence-corrected chi connectivity index (χ4v) is 1.41. The number of rotatable bonds is 4. The highest BCUT2D eigenvalue weighted by Crippen LogP contribution is 2.01. The lowest BCUT2D eigenvalue weighted by molar-refractivity contribution is 0.0372. The van der Waals surface area contributed by atoms with Gasteiger partial charge in [0.15, 0.2) is 0 Å². The molecule has 0 radical (unpaired) electrons. The molecule has 1 saturated heterocycles. The summed E-state index contributed by atoms with van der Waals surface area (Å²) in [5.74, 6) is 0. The van der Waals surface area contributed by atoms with Crippen molar-refractivity contribution in [2.45, 2.75) is 26.2 Å². The van der Waals surface area contributed by atoms with Gasteiger partial charge < -0.3 is 4.74 Å². The summed E-state index contributed by atoms with van der Waals surface area (Å²) in [6, 6.07) is 0. The van der Waals surface area contributed by atoms with Gasteiger partial charge in [-0.05, 0) is 13.0 Å². The van der Waals surface area contributed by atoms with E-state index < -0.39 is 0 Å². The van der Waals surface area contributed by atoms with Crippen molar-refractivity contribution in [3.05, 3.63) is 0 Å². The molecule has 0 saturated carbocycles. The second-order valence-electron chi connectivity index (χ2n) is 3.16. The van der Waals surface area contributed by atoms with Gasteiger partial charge in [-0.1, -0.05) is 19.8 Å². The molecule has 0 aromatic heterocycles. The highest BCUT2D eigenvalue weighted by atomic mass is 16.5. The van der Waals surface area contributed by atoms with Gasteiger partial charge in [0.1, 0.15) is 0 Å². The minimum atomic E-state index is 0.937. The van der Waals surface area contributed by atoms with Gasteiger partial charge in [0, 0.05) is 13.1 Å². The number of hydrogen-bond acceptors (Lipinski definition) is 2. The van der Waals surface area contributed by atoms with Crippen LogP contribution in [0.4, 0.5) is 0 Å². The lowest BCUT2D eigenvalue weighted by Gasteiger charge is -2.26. The first kappa shape index (κ1) is 9.01. The Kier molecular flexibility index (Phi) is 4.55. The van der Waals surface area contributed by atoms with Gasteiger partial charge in [-0.15, -0.1) is 0 Å². The van der Waals surface area contributed by atoms with Crippen molar-refractivity contribution in [2.75, 3.05) is 32.8 Å². The van der Waals surface area contributed by atoms with Crippen molar-refractivity contribution in [3.8, 4) is 0 Å². The third-order valence-corrected chi connectivity index (χ3v) is 2.18. The van der Waals surface area contributed by atoms with E-state index in [2.05, 4.69) is 11.8 Å². The fourth-order valence-electron chi connectivity index (χ4n) is 1.41. The predicted molar refractivity (Wildman–Crippen MR) is 46.8 cm³/mol. The minimum Gasteiger partial charge on any atom is -0.379 e. The maximum absolute atomic E-state index is 5.26. The Balaban J connectivity index is 1.96. The van der Waals surface area contributed by atoms with Crippen molar-refractivity contribution in [1.29, 1.82) is 0 Å². The summed E-state index contributed by atoms with van der Waals surface area (Å²) in [5, 5.41) is 0. The summed E-state index contributed by atoms with van der Waals surface area (Å²) in [6.07, 6.45) is 4.05. The quantitative estimate of drug-likeness (QED) is 0.573. The van der Waals surface area contributed by atoms with Gasteiger partial charge in [-0.2, -0.15) is 0 Å². The fraction of sp³-hybridized carbons (Fsp3) is 1.00. The molecule has 66 valence electrons. The van der Waals surface area contributed by atoms with Crippen molar-refractivity contribution >= 4 is 0 Å². The molecule has 0 amide bonds. The monoisotopic (exact) mass is 157 g/mol. The maximum Gasteiger partial charge on any atom is 0.0594 e. The first-order valence-electron chi connectivity index (χ1n) is 4.73. The molecular formula is C9H19NO. The summed E-state index contributed by atoms with van der Waals surface area (Å²) in [5.41, 5.74) is 0. The Morgan fingerprint density at radius 2 is 1.91 bits per heavy atom. The van der Waals surface area contributed by atoms with Crippen molar-refractivity contribution in [1.82, 2.24) is 4.90 Å². The van der Waals surface area contributed by atoms with E-state index >= 15 is 0 Å². The number of nitrogens with zero attached hydrogens (tertiary/aromatic N) is 1. The molecule has 0 atom stereocenters. The van der Waals surface area contributed by atoms with E-state index in [0.717, 1.165) is 26.3 Å². The first-order valence-corrected chi connectivity index (χ1v) is 4.73. The zero-order chi connectivity index (χ0) is 7.94. The molecule has 0 aromatic carbocycles. The summed E-state index contributed by atoms with van der Waals surface area (Å²) in [6.45, 7) is 7.68. The largest absolute Gasteiger partial charge is 0.379 e. The van der Waals surface area contributed by atoms with E-state index in [1.165, 1.54) is 25.8 Å². The topological polar surface area (TPSA) is 12.5 Å². The van der Waals surface area contributed by atoms with Crippen LogP contribution in [0, 0.1) is 0 Å². The van der Waals surface area contributed by atoms with Crippen LogP contribution in [0.5, 0.6) is 0 Å². The van der Waals surface area contributed by atoms with Crippen LogP contribution in [0.2, 0.25) is 0 Å². The van der Waals surface area contributed by atoms with E-state index in [1.807, 2.05) is 0 Å². The van der Waals surface area contributed by atoms with Crippen molar-refractivity contribution < 1.29 is 4.74 Å². The zero-order valence-electron chi connectivity index (χ0n) is 7.51. The lowest BCUT2D eigenvalue weighted by atomic mass is 10.2. The molecule has 0 aliphatic carbocycles. The number of unbranched alkanes of at least 4 members (excludes halogenated alkanes) is 2. The third-order valence-electron chi connectivity index (χ3n) is 2.18. The summed E-state index contributed by atoms with van der Waals surface area (Å²) in [4.78, 5) is 2.50. The molecule has 0 bridgehead atoms. The van der Waals surface area contributed by atoms with Gasteiger partial charge in [0.05, 0.1) is 13.2 Å². The molecule has 1 heterocycles. The van der Waals surface area contributed by atoms with Gasteiger partial charge in [0.2, 0.25) is 0 Å². The number of hydrogen-bond donors (Lipinski definition) is 0. The van der Waals surface area contributed by atoms with Crippen molar-refractivity contribution in [3.63, 3.8) is 0 Å². The molecule has 0 spiro atoms. The zero-order valence-corrected chi connectivity index (χ0v) is 7.51. The molecule has 1 rings (SSSR count). The van der Waals surface area contributed by atoms with Crippen LogP contribution in [0.25, 0.3) is 0 Å². The highest BCUT2D eigenvalue weighted by Gasteiger charge is 2.08. The van der Waals surface area contributed by atoms with E-state index in [1.54, 1.807) is 0 Å². The second kappa shape index (κ2) is 5.56. The number of morpholine rings is 1. The average Bonchev–Trinajstić information content (AvgIpc) is 2.07. The summed E-state index contributed by atoms with van der Waals surface area (Å²) >= 11 is 0. The predicted octanol–water partition coefficient (Wildman–Crippen LogP) is 1.51. The van der Waals surface area contributed by atoms with E-state index in [9.17, 15) is 0 Å². The first-order chi connectivity index (χ1) is 5.43. The molecule has 0 unspecified atom stereocenters. The van der Waals surface area contributed by atoms with Crippen LogP contribution in [-0.4, -0.2) is 37.7 Å². The molecule has 11 heavy (non-hydrogen) atoms. The minimum absolute atomic E-state index is 0.937. The van der Waals surface area contributed by atoms with Crippen molar-refractivity contribution in [2.24, 2.45) is 0 Å². The Bertz CT molecular complexity index is 89.6. The molecule has 0 aromatic rings. The van der Waals surface area contributed by atoms with Crippen LogP contribution < -0.4 is 0 Å². The van der Waals surface area contributed by atoms with Gasteiger partial charge in [-0.3, -0.25) is 4.90 Å². The molecule has 1 aliphatic rings. The van der Waals surface area contributed by atoms with Crippen LogP contribution in [0.15, 0.2) is 0 Å². The summed E-state index contributed by atoms with van der Waals surface area (Å²) in [7, 11) is 0. The number of ether oxygens (including phenoxy) is 1. The van der Waals surface area contributed by atoms with E-state index in [4.69, 9.17) is 4.74 Å². The Morgan fingerprint density at radius 1 is 1.18 bits per heavy atom. The standard InChI is InChI=1S/C9H19NO/c1-2-3-4-5-10-6-8-11-9-7-10/h2-9H2,1H3. The average molecular weight is 157 g/mol. The SMILES string of the molecule is CCCCCN1CCOCC1. The highest BCUT2D eigenvalue weighted by molar-refractivity contribution is 4.60. The molecule has 0 N–H and O–H groups in total. The van der Waals surface area contributed by atoms with Crippen LogP contribution in [-0.2, 0) is 4.74 Å². The molecule has 2 nitrogen and oxygen atoms in total. The maximum atomic E-state index is 5.26. The van der Waals surface area contributed by atoms with Gasteiger partial charge in [0.25, 0.3) is 0 Å². The van der Waals surface area contributed by atoms with Crippen LogP contribution in [0.3, 0.4) is 0 Å². The Labute approximate surface area is 69.5 Å². The summed E-state index contributed by atoms with van der Waals surface area (Å²) < 4.78 is 5.26.